The highest BCUT2D eigenvalue weighted by Crippen LogP contribution is 2.23. The monoisotopic (exact) mass is 338 g/mol. The third kappa shape index (κ3) is 6.39. The first-order chi connectivity index (χ1) is 11.4. The normalized spacial score (nSPS) is 11.3. The molecule has 0 fully saturated rings. The fraction of sp³-hybridized carbons (Fsp3) is 0.125. The second kappa shape index (κ2) is 8.00. The number of anilines is 1. The summed E-state index contributed by atoms with van der Waals surface area (Å²) < 4.78 is 39.8. The lowest BCUT2D eigenvalue weighted by molar-refractivity contribution is -0.274. The van der Waals surface area contributed by atoms with Gasteiger partial charge in [-0.05, 0) is 29.8 Å². The van der Waals surface area contributed by atoms with Crippen LogP contribution in [0.2, 0.25) is 0 Å². The average molecular weight is 338 g/mol. The fourth-order valence-corrected chi connectivity index (χ4v) is 1.67. The summed E-state index contributed by atoms with van der Waals surface area (Å²) in [7, 11) is 0. The van der Waals surface area contributed by atoms with E-state index in [-0.39, 0.29) is 12.4 Å². The number of halogens is 3. The zero-order valence-corrected chi connectivity index (χ0v) is 12.3. The van der Waals surface area contributed by atoms with Crippen LogP contribution in [-0.4, -0.2) is 25.1 Å². The summed E-state index contributed by atoms with van der Waals surface area (Å²) >= 11 is 0. The standard InChI is InChI=1S/C16H13F3N2O3/c17-16(18,19)24-14-8-6-13(7-9-14)21-15(22)11-23-20-10-12-4-2-1-3-5-12/h1-10H,11H2,(H,21,22)/b20-10+. The number of hydrogen-bond acceptors (Lipinski definition) is 4. The second-order valence-corrected chi connectivity index (χ2v) is 4.54. The van der Waals surface area contributed by atoms with E-state index < -0.39 is 12.3 Å². The number of hydrogen-bond donors (Lipinski definition) is 1. The molecule has 0 aliphatic heterocycles. The molecule has 2 rings (SSSR count). The lowest BCUT2D eigenvalue weighted by Crippen LogP contribution is -2.18. The van der Waals surface area contributed by atoms with Gasteiger partial charge in [0.05, 0.1) is 6.21 Å². The van der Waals surface area contributed by atoms with Crippen LogP contribution in [-0.2, 0) is 9.63 Å². The van der Waals surface area contributed by atoms with Crippen molar-refractivity contribution in [2.75, 3.05) is 11.9 Å². The molecule has 0 aromatic heterocycles. The highest BCUT2D eigenvalue weighted by molar-refractivity contribution is 5.91. The third-order valence-corrected chi connectivity index (χ3v) is 2.64. The van der Waals surface area contributed by atoms with Crippen LogP contribution in [0.3, 0.4) is 0 Å². The van der Waals surface area contributed by atoms with Crippen LogP contribution in [0.15, 0.2) is 59.8 Å². The minimum Gasteiger partial charge on any atom is -0.406 e. The molecule has 0 saturated carbocycles. The lowest BCUT2D eigenvalue weighted by atomic mass is 10.2. The molecular formula is C16H13F3N2O3. The number of nitrogens with zero attached hydrogens (tertiary/aromatic N) is 1. The Morgan fingerprint density at radius 2 is 1.75 bits per heavy atom. The van der Waals surface area contributed by atoms with Crippen molar-refractivity contribution in [2.45, 2.75) is 6.36 Å². The van der Waals surface area contributed by atoms with E-state index >= 15 is 0 Å². The molecule has 8 heteroatoms. The van der Waals surface area contributed by atoms with Crippen molar-refractivity contribution in [1.82, 2.24) is 0 Å². The van der Waals surface area contributed by atoms with Gasteiger partial charge in [0.2, 0.25) is 0 Å². The highest BCUT2D eigenvalue weighted by Gasteiger charge is 2.30. The Bertz CT molecular complexity index is 686. The SMILES string of the molecule is O=C(CO/N=C/c1ccccc1)Nc1ccc(OC(F)(F)F)cc1. The van der Waals surface area contributed by atoms with Crippen molar-refractivity contribution in [1.29, 1.82) is 0 Å². The third-order valence-electron chi connectivity index (χ3n) is 2.64. The minimum absolute atomic E-state index is 0.310. The first-order valence-electron chi connectivity index (χ1n) is 6.78. The van der Waals surface area contributed by atoms with Crippen molar-refractivity contribution >= 4 is 17.8 Å². The van der Waals surface area contributed by atoms with E-state index in [1.807, 2.05) is 30.3 Å². The fourth-order valence-electron chi connectivity index (χ4n) is 1.67. The van der Waals surface area contributed by atoms with Gasteiger partial charge in [0.1, 0.15) is 5.75 Å². The van der Waals surface area contributed by atoms with Gasteiger partial charge in [-0.1, -0.05) is 35.5 Å². The number of carbonyl (C=O) groups is 1. The van der Waals surface area contributed by atoms with Gasteiger partial charge in [-0.15, -0.1) is 13.2 Å². The van der Waals surface area contributed by atoms with Crippen molar-refractivity contribution < 1.29 is 27.5 Å². The lowest BCUT2D eigenvalue weighted by Gasteiger charge is -2.09. The van der Waals surface area contributed by atoms with E-state index in [1.165, 1.54) is 18.3 Å². The molecule has 0 saturated heterocycles. The van der Waals surface area contributed by atoms with E-state index in [0.717, 1.165) is 17.7 Å². The predicted octanol–water partition coefficient (Wildman–Crippen LogP) is 3.57. The summed E-state index contributed by atoms with van der Waals surface area (Å²) in [4.78, 5) is 16.5. The minimum atomic E-state index is -4.75. The van der Waals surface area contributed by atoms with Gasteiger partial charge < -0.3 is 14.9 Å². The Labute approximate surface area is 135 Å². The van der Waals surface area contributed by atoms with Crippen LogP contribution in [0.5, 0.6) is 5.75 Å². The van der Waals surface area contributed by atoms with Gasteiger partial charge in [-0.3, -0.25) is 4.79 Å². The summed E-state index contributed by atoms with van der Waals surface area (Å²) in [5.41, 5.74) is 1.13. The molecule has 0 aliphatic rings. The molecular weight excluding hydrogens is 325 g/mol. The van der Waals surface area contributed by atoms with Gasteiger partial charge in [-0.2, -0.15) is 0 Å². The van der Waals surface area contributed by atoms with E-state index in [2.05, 4.69) is 15.2 Å². The van der Waals surface area contributed by atoms with E-state index in [9.17, 15) is 18.0 Å². The van der Waals surface area contributed by atoms with E-state index in [4.69, 9.17) is 4.84 Å². The van der Waals surface area contributed by atoms with Crippen LogP contribution in [0.25, 0.3) is 0 Å². The molecule has 126 valence electrons. The maximum Gasteiger partial charge on any atom is 0.573 e. The Balaban J connectivity index is 1.77. The average Bonchev–Trinajstić information content (AvgIpc) is 2.53. The van der Waals surface area contributed by atoms with Crippen LogP contribution >= 0.6 is 0 Å². The smallest absolute Gasteiger partial charge is 0.406 e. The first kappa shape index (κ1) is 17.3. The van der Waals surface area contributed by atoms with E-state index in [1.54, 1.807) is 0 Å². The number of oxime groups is 1. The Morgan fingerprint density at radius 1 is 1.08 bits per heavy atom. The summed E-state index contributed by atoms with van der Waals surface area (Å²) in [5, 5.41) is 6.10. The number of rotatable bonds is 6. The molecule has 1 amide bonds. The van der Waals surface area contributed by atoms with Gasteiger partial charge in [0, 0.05) is 5.69 Å². The maximum atomic E-state index is 12.0. The van der Waals surface area contributed by atoms with Crippen LogP contribution in [0.1, 0.15) is 5.56 Å². The largest absolute Gasteiger partial charge is 0.573 e. The molecule has 0 bridgehead atoms. The number of nitrogens with one attached hydrogen (secondary N) is 1. The molecule has 0 spiro atoms. The zero-order chi connectivity index (χ0) is 17.4. The van der Waals surface area contributed by atoms with E-state index in [0.29, 0.717) is 5.69 Å². The van der Waals surface area contributed by atoms with Gasteiger partial charge >= 0.3 is 6.36 Å². The molecule has 5 nitrogen and oxygen atoms in total. The second-order valence-electron chi connectivity index (χ2n) is 4.54. The molecule has 0 unspecified atom stereocenters. The maximum absolute atomic E-state index is 12.0. The molecule has 2 aromatic rings. The topological polar surface area (TPSA) is 59.9 Å². The highest BCUT2D eigenvalue weighted by atomic mass is 19.4. The molecule has 1 N–H and O–H groups in total. The number of ether oxygens (including phenoxy) is 1. The number of alkyl halides is 3. The Morgan fingerprint density at radius 3 is 2.38 bits per heavy atom. The number of benzene rings is 2. The van der Waals surface area contributed by atoms with Crippen LogP contribution < -0.4 is 10.1 Å². The molecule has 2 aromatic carbocycles. The Kier molecular flexibility index (Phi) is 5.78. The summed E-state index contributed by atoms with van der Waals surface area (Å²) in [6.07, 6.45) is -3.30. The predicted molar refractivity (Wildman–Crippen MR) is 81.7 cm³/mol. The van der Waals surface area contributed by atoms with Gasteiger partial charge in [-0.25, -0.2) is 0 Å². The summed E-state index contributed by atoms with van der Waals surface area (Å²) in [5.74, 6) is -0.867. The zero-order valence-electron chi connectivity index (χ0n) is 12.3. The Hall–Kier alpha value is -3.03. The molecule has 0 radical (unpaired) electrons. The number of carbonyl (C=O) groups excluding carboxylic acids is 1. The summed E-state index contributed by atoms with van der Waals surface area (Å²) in [6, 6.07) is 13.9. The molecule has 0 heterocycles. The van der Waals surface area contributed by atoms with Crippen LogP contribution in [0.4, 0.5) is 18.9 Å². The molecule has 0 aliphatic carbocycles. The van der Waals surface area contributed by atoms with Gasteiger partial charge in [0.25, 0.3) is 5.91 Å². The van der Waals surface area contributed by atoms with Crippen molar-refractivity contribution in [3.05, 3.63) is 60.2 Å². The van der Waals surface area contributed by atoms with Crippen molar-refractivity contribution in [3.63, 3.8) is 0 Å². The quantitative estimate of drug-likeness (QED) is 0.647. The molecule has 24 heavy (non-hydrogen) atoms. The van der Waals surface area contributed by atoms with Crippen LogP contribution in [0, 0.1) is 0 Å². The van der Waals surface area contributed by atoms with Crippen molar-refractivity contribution in [2.24, 2.45) is 5.16 Å². The van der Waals surface area contributed by atoms with Gasteiger partial charge in [0.15, 0.2) is 6.61 Å². The summed E-state index contributed by atoms with van der Waals surface area (Å²) in [6.45, 7) is -0.329. The first-order valence-corrected chi connectivity index (χ1v) is 6.78. The number of amides is 1. The molecule has 0 atom stereocenters. The van der Waals surface area contributed by atoms with Crippen molar-refractivity contribution in [3.8, 4) is 5.75 Å².